The van der Waals surface area contributed by atoms with Crippen molar-refractivity contribution in [2.24, 2.45) is 0 Å². The Labute approximate surface area is 175 Å². The third-order valence-electron chi connectivity index (χ3n) is 3.92. The van der Waals surface area contributed by atoms with Gasteiger partial charge in [0.15, 0.2) is 5.75 Å². The highest BCUT2D eigenvalue weighted by Crippen LogP contribution is 2.29. The fourth-order valence-electron chi connectivity index (χ4n) is 2.52. The summed E-state index contributed by atoms with van der Waals surface area (Å²) in [6, 6.07) is 24.3. The summed E-state index contributed by atoms with van der Waals surface area (Å²) in [6.07, 6.45) is 0. The first kappa shape index (κ1) is 20.6. The lowest BCUT2D eigenvalue weighted by atomic mass is 10.3. The van der Waals surface area contributed by atoms with Crippen molar-refractivity contribution in [3.63, 3.8) is 0 Å². The van der Waals surface area contributed by atoms with Gasteiger partial charge in [0.1, 0.15) is 17.2 Å². The number of rotatable bonds is 10. The molecule has 0 unspecified atom stereocenters. The van der Waals surface area contributed by atoms with E-state index >= 15 is 0 Å². The summed E-state index contributed by atoms with van der Waals surface area (Å²) in [4.78, 5) is 12.3. The third-order valence-corrected chi connectivity index (χ3v) is 4.84. The Morgan fingerprint density at radius 3 is 2.31 bits per heavy atom. The van der Waals surface area contributed by atoms with E-state index in [1.165, 1.54) is 11.8 Å². The van der Waals surface area contributed by atoms with E-state index in [1.807, 2.05) is 78.9 Å². The van der Waals surface area contributed by atoms with Crippen LogP contribution in [-0.4, -0.2) is 31.1 Å². The first-order valence-electron chi connectivity index (χ1n) is 9.21. The van der Waals surface area contributed by atoms with Gasteiger partial charge >= 0.3 is 0 Å². The zero-order valence-corrected chi connectivity index (χ0v) is 17.0. The minimum absolute atomic E-state index is 0.0800. The summed E-state index contributed by atoms with van der Waals surface area (Å²) in [5, 5.41) is 2.91. The van der Waals surface area contributed by atoms with Crippen molar-refractivity contribution in [1.82, 2.24) is 0 Å². The second-order valence-electron chi connectivity index (χ2n) is 6.04. The molecule has 0 atom stereocenters. The van der Waals surface area contributed by atoms with Gasteiger partial charge in [0.05, 0.1) is 25.2 Å². The fraction of sp³-hybridized carbons (Fsp3) is 0.174. The van der Waals surface area contributed by atoms with Crippen LogP contribution in [0.5, 0.6) is 23.0 Å². The van der Waals surface area contributed by atoms with E-state index < -0.39 is 0 Å². The highest BCUT2D eigenvalue weighted by Gasteiger charge is 2.08. The van der Waals surface area contributed by atoms with E-state index in [1.54, 1.807) is 7.11 Å². The number of carbonyl (C=O) groups excluding carboxylic acids is 1. The van der Waals surface area contributed by atoms with Gasteiger partial charge in [-0.2, -0.15) is 0 Å². The number of amides is 1. The molecule has 3 aromatic rings. The lowest BCUT2D eigenvalue weighted by Gasteiger charge is -2.12. The molecule has 1 N–H and O–H groups in total. The summed E-state index contributed by atoms with van der Waals surface area (Å²) >= 11 is 1.51. The zero-order valence-electron chi connectivity index (χ0n) is 16.2. The molecule has 6 heteroatoms. The number of ether oxygens (including phenoxy) is 3. The maximum absolute atomic E-state index is 12.3. The van der Waals surface area contributed by atoms with Crippen molar-refractivity contribution >= 4 is 23.4 Å². The Kier molecular flexibility index (Phi) is 7.83. The van der Waals surface area contributed by atoms with Crippen molar-refractivity contribution in [2.75, 3.05) is 30.5 Å². The molecule has 0 aliphatic heterocycles. The Morgan fingerprint density at radius 2 is 1.55 bits per heavy atom. The summed E-state index contributed by atoms with van der Waals surface area (Å²) in [6.45, 7) is 0.526. The van der Waals surface area contributed by atoms with Gasteiger partial charge in [0.25, 0.3) is 0 Å². The van der Waals surface area contributed by atoms with Gasteiger partial charge in [-0.25, -0.2) is 0 Å². The number of hydrogen-bond donors (Lipinski definition) is 1. The lowest BCUT2D eigenvalue weighted by molar-refractivity contribution is -0.113. The number of hydrogen-bond acceptors (Lipinski definition) is 5. The molecular formula is C23H23NO4S. The van der Waals surface area contributed by atoms with Crippen molar-refractivity contribution in [3.05, 3.63) is 78.9 Å². The van der Waals surface area contributed by atoms with Crippen LogP contribution in [0.2, 0.25) is 0 Å². The smallest absolute Gasteiger partial charge is 0.234 e. The van der Waals surface area contributed by atoms with Crippen LogP contribution in [-0.2, 0) is 4.79 Å². The average Bonchev–Trinajstić information content (AvgIpc) is 2.76. The SMILES string of the molecule is COc1ccc(OCCSCC(=O)Nc2ccccc2Oc2ccccc2)cc1. The summed E-state index contributed by atoms with van der Waals surface area (Å²) < 4.78 is 16.6. The maximum Gasteiger partial charge on any atom is 0.234 e. The van der Waals surface area contributed by atoms with E-state index in [2.05, 4.69) is 5.32 Å². The zero-order chi connectivity index (χ0) is 20.3. The van der Waals surface area contributed by atoms with Crippen LogP contribution in [0.15, 0.2) is 78.9 Å². The number of carbonyl (C=O) groups is 1. The molecule has 5 nitrogen and oxygen atoms in total. The Balaban J connectivity index is 1.41. The first-order chi connectivity index (χ1) is 14.2. The number of anilines is 1. The minimum atomic E-state index is -0.0800. The number of benzene rings is 3. The van der Waals surface area contributed by atoms with Gasteiger partial charge in [0.2, 0.25) is 5.91 Å². The molecule has 0 spiro atoms. The van der Waals surface area contributed by atoms with E-state index in [4.69, 9.17) is 14.2 Å². The predicted molar refractivity (Wildman–Crippen MR) is 117 cm³/mol. The molecule has 0 aromatic heterocycles. The fourth-order valence-corrected chi connectivity index (χ4v) is 3.12. The van der Waals surface area contributed by atoms with E-state index in [9.17, 15) is 4.79 Å². The average molecular weight is 410 g/mol. The molecule has 0 saturated heterocycles. The van der Waals surface area contributed by atoms with Crippen LogP contribution in [0.3, 0.4) is 0 Å². The molecule has 3 rings (SSSR count). The summed E-state index contributed by atoms with van der Waals surface area (Å²) in [5.74, 6) is 3.87. The summed E-state index contributed by atoms with van der Waals surface area (Å²) in [7, 11) is 1.63. The molecule has 0 saturated carbocycles. The minimum Gasteiger partial charge on any atom is -0.497 e. The van der Waals surface area contributed by atoms with Crippen LogP contribution in [0, 0.1) is 0 Å². The lowest BCUT2D eigenvalue weighted by Crippen LogP contribution is -2.15. The number of nitrogens with one attached hydrogen (secondary N) is 1. The molecule has 3 aromatic carbocycles. The Hall–Kier alpha value is -3.12. The second kappa shape index (κ2) is 11.0. The van der Waals surface area contributed by atoms with Gasteiger partial charge in [-0.15, -0.1) is 11.8 Å². The van der Waals surface area contributed by atoms with Crippen molar-refractivity contribution in [2.45, 2.75) is 0 Å². The molecule has 0 heterocycles. The van der Waals surface area contributed by atoms with Crippen molar-refractivity contribution in [3.8, 4) is 23.0 Å². The van der Waals surface area contributed by atoms with E-state index in [-0.39, 0.29) is 5.91 Å². The van der Waals surface area contributed by atoms with Gasteiger partial charge in [-0.1, -0.05) is 30.3 Å². The normalized spacial score (nSPS) is 10.2. The monoisotopic (exact) mass is 409 g/mol. The topological polar surface area (TPSA) is 56.8 Å². The summed E-state index contributed by atoms with van der Waals surface area (Å²) in [5.41, 5.74) is 0.649. The van der Waals surface area contributed by atoms with Crippen LogP contribution in [0.1, 0.15) is 0 Å². The third kappa shape index (κ3) is 6.76. The highest BCUT2D eigenvalue weighted by atomic mass is 32.2. The van der Waals surface area contributed by atoms with Crippen LogP contribution in [0.4, 0.5) is 5.69 Å². The van der Waals surface area contributed by atoms with Crippen LogP contribution < -0.4 is 19.5 Å². The Morgan fingerprint density at radius 1 is 0.862 bits per heavy atom. The molecular weight excluding hydrogens is 386 g/mol. The largest absolute Gasteiger partial charge is 0.497 e. The molecule has 0 aliphatic rings. The number of methoxy groups -OCH3 is 1. The van der Waals surface area contributed by atoms with Crippen molar-refractivity contribution in [1.29, 1.82) is 0 Å². The molecule has 0 radical (unpaired) electrons. The molecule has 0 fully saturated rings. The highest BCUT2D eigenvalue weighted by molar-refractivity contribution is 7.99. The molecule has 29 heavy (non-hydrogen) atoms. The van der Waals surface area contributed by atoms with Crippen LogP contribution >= 0.6 is 11.8 Å². The van der Waals surface area contributed by atoms with Crippen LogP contribution in [0.25, 0.3) is 0 Å². The number of para-hydroxylation sites is 3. The standard InChI is InChI=1S/C23H23NO4S/c1-26-18-11-13-19(14-12-18)27-15-16-29-17-23(25)24-21-9-5-6-10-22(21)28-20-7-3-2-4-8-20/h2-14H,15-17H2,1H3,(H,24,25). The van der Waals surface area contributed by atoms with Crippen molar-refractivity contribution < 1.29 is 19.0 Å². The Bertz CT molecular complexity index is 900. The van der Waals surface area contributed by atoms with E-state index in [0.29, 0.717) is 29.5 Å². The molecule has 0 bridgehead atoms. The quantitative estimate of drug-likeness (QED) is 0.464. The van der Waals surface area contributed by atoms with E-state index in [0.717, 1.165) is 17.2 Å². The van der Waals surface area contributed by atoms with Gasteiger partial charge in [-0.3, -0.25) is 4.79 Å². The first-order valence-corrected chi connectivity index (χ1v) is 10.4. The molecule has 1 amide bonds. The molecule has 150 valence electrons. The van der Waals surface area contributed by atoms with Gasteiger partial charge < -0.3 is 19.5 Å². The van der Waals surface area contributed by atoms with Gasteiger partial charge in [-0.05, 0) is 48.5 Å². The number of thioether (sulfide) groups is 1. The maximum atomic E-state index is 12.3. The predicted octanol–water partition coefficient (Wildman–Crippen LogP) is 5.24. The second-order valence-corrected chi connectivity index (χ2v) is 7.14. The molecule has 0 aliphatic carbocycles. The van der Waals surface area contributed by atoms with Gasteiger partial charge in [0, 0.05) is 5.75 Å².